The zero-order valence-corrected chi connectivity index (χ0v) is 7.82. The van der Waals surface area contributed by atoms with Crippen molar-refractivity contribution in [3.05, 3.63) is 28.8 Å². The summed E-state index contributed by atoms with van der Waals surface area (Å²) >= 11 is 5.81. The molecular formula is C9H6ClN3O. The van der Waals surface area contributed by atoms with Crippen LogP contribution in [0.5, 0.6) is 0 Å². The number of nitrogens with two attached hydrogens (primary N) is 1. The second kappa shape index (κ2) is 3.23. The summed E-state index contributed by atoms with van der Waals surface area (Å²) in [4.78, 5) is 18.3. The van der Waals surface area contributed by atoms with Crippen LogP contribution < -0.4 is 5.73 Å². The first kappa shape index (κ1) is 8.90. The Morgan fingerprint density at radius 3 is 2.71 bits per heavy atom. The number of halogens is 1. The normalized spacial score (nSPS) is 14.6. The van der Waals surface area contributed by atoms with Gasteiger partial charge in [0.05, 0.1) is 16.9 Å². The number of amidine groups is 1. The maximum atomic E-state index is 10.8. The van der Waals surface area contributed by atoms with Crippen LogP contribution in [0.25, 0.3) is 0 Å². The molecule has 1 aliphatic heterocycles. The highest BCUT2D eigenvalue weighted by molar-refractivity contribution is 6.37. The molecule has 4 nitrogen and oxygen atoms in total. The lowest BCUT2D eigenvalue weighted by Gasteiger charge is -2.00. The predicted octanol–water partition coefficient (Wildman–Crippen LogP) is 1.28. The molecule has 0 unspecified atom stereocenters. The highest BCUT2D eigenvalue weighted by Crippen LogP contribution is 2.20. The molecule has 2 rings (SSSR count). The van der Waals surface area contributed by atoms with Crippen molar-refractivity contribution < 1.29 is 4.79 Å². The fraction of sp³-hybridized carbons (Fsp3) is 0. The number of hydrogen-bond donors (Lipinski definition) is 1. The topological polar surface area (TPSA) is 67.8 Å². The van der Waals surface area contributed by atoms with E-state index in [2.05, 4.69) is 9.98 Å². The molecule has 1 aromatic carbocycles. The summed E-state index contributed by atoms with van der Waals surface area (Å²) in [5.41, 5.74) is 6.71. The van der Waals surface area contributed by atoms with Gasteiger partial charge in [-0.05, 0) is 18.2 Å². The Bertz CT molecular complexity index is 465. The van der Waals surface area contributed by atoms with Gasteiger partial charge in [-0.3, -0.25) is 4.79 Å². The molecule has 1 heterocycles. The smallest absolute Gasteiger partial charge is 0.290 e. The molecule has 5 heteroatoms. The molecule has 0 spiro atoms. The third-order valence-electron chi connectivity index (χ3n) is 1.77. The maximum Gasteiger partial charge on any atom is 0.290 e. The van der Waals surface area contributed by atoms with Crippen molar-refractivity contribution in [2.45, 2.75) is 0 Å². The number of carbonyl (C=O) groups is 1. The number of rotatable bonds is 1. The van der Waals surface area contributed by atoms with Gasteiger partial charge in [-0.2, -0.15) is 4.99 Å². The van der Waals surface area contributed by atoms with Gasteiger partial charge in [0.1, 0.15) is 0 Å². The van der Waals surface area contributed by atoms with Crippen LogP contribution in [0.4, 0.5) is 5.69 Å². The number of hydrogen-bond acceptors (Lipinski definition) is 3. The van der Waals surface area contributed by atoms with Gasteiger partial charge >= 0.3 is 0 Å². The molecule has 0 fully saturated rings. The average Bonchev–Trinajstić information content (AvgIpc) is 2.57. The summed E-state index contributed by atoms with van der Waals surface area (Å²) in [6.07, 6.45) is 1.17. The molecule has 0 saturated carbocycles. The van der Waals surface area contributed by atoms with Gasteiger partial charge in [-0.1, -0.05) is 11.6 Å². The number of anilines is 1. The van der Waals surface area contributed by atoms with E-state index in [1.165, 1.54) is 6.21 Å². The summed E-state index contributed by atoms with van der Waals surface area (Å²) in [6.45, 7) is 0. The van der Waals surface area contributed by atoms with Crippen molar-refractivity contribution in [1.82, 2.24) is 0 Å². The molecule has 70 valence electrons. The fourth-order valence-electron chi connectivity index (χ4n) is 1.08. The third kappa shape index (κ3) is 1.52. The van der Waals surface area contributed by atoms with Gasteiger partial charge in [-0.25, -0.2) is 4.99 Å². The van der Waals surface area contributed by atoms with Crippen molar-refractivity contribution in [2.75, 3.05) is 5.73 Å². The highest BCUT2D eigenvalue weighted by Gasteiger charge is 2.11. The average molecular weight is 208 g/mol. The highest BCUT2D eigenvalue weighted by atomic mass is 35.5. The van der Waals surface area contributed by atoms with Gasteiger partial charge in [-0.15, -0.1) is 0 Å². The van der Waals surface area contributed by atoms with Crippen LogP contribution in [-0.2, 0) is 4.79 Å². The Morgan fingerprint density at radius 2 is 2.14 bits per heavy atom. The first-order valence-corrected chi connectivity index (χ1v) is 4.27. The van der Waals surface area contributed by atoms with Crippen LogP contribution in [0.3, 0.4) is 0 Å². The summed E-state index contributed by atoms with van der Waals surface area (Å²) in [5, 5.41) is 0.430. The Balaban J connectivity index is 2.44. The molecule has 0 radical (unpaired) electrons. The van der Waals surface area contributed by atoms with Gasteiger partial charge in [0.2, 0.25) is 0 Å². The monoisotopic (exact) mass is 207 g/mol. The summed E-state index contributed by atoms with van der Waals surface area (Å²) in [7, 11) is 0. The molecule has 1 amide bonds. The standard InChI is InChI=1S/C9H6ClN3O/c10-6-3-5(1-2-7(6)11)9-12-4-8(14)13-9/h1-4H,11H2. The van der Waals surface area contributed by atoms with E-state index in [4.69, 9.17) is 17.3 Å². The van der Waals surface area contributed by atoms with Gasteiger partial charge < -0.3 is 5.73 Å². The number of nitrogen functional groups attached to an aromatic ring is 1. The number of aliphatic imine (C=N–C) groups is 2. The molecule has 0 atom stereocenters. The maximum absolute atomic E-state index is 10.8. The fourth-order valence-corrected chi connectivity index (χ4v) is 1.26. The van der Waals surface area contributed by atoms with Crippen LogP contribution in [0.15, 0.2) is 28.2 Å². The lowest BCUT2D eigenvalue weighted by atomic mass is 10.2. The van der Waals surface area contributed by atoms with Crippen molar-refractivity contribution in [1.29, 1.82) is 0 Å². The van der Waals surface area contributed by atoms with Crippen molar-refractivity contribution in [2.24, 2.45) is 9.98 Å². The molecule has 1 aliphatic rings. The van der Waals surface area contributed by atoms with E-state index >= 15 is 0 Å². The first-order valence-electron chi connectivity index (χ1n) is 3.89. The molecule has 0 bridgehead atoms. The Morgan fingerprint density at radius 1 is 1.36 bits per heavy atom. The number of nitrogens with zero attached hydrogens (tertiary/aromatic N) is 2. The van der Waals surface area contributed by atoms with Gasteiger partial charge in [0.25, 0.3) is 5.91 Å². The van der Waals surface area contributed by atoms with E-state index in [9.17, 15) is 4.79 Å². The Hall–Kier alpha value is -1.68. The largest absolute Gasteiger partial charge is 0.398 e. The second-order valence-electron chi connectivity index (χ2n) is 2.77. The van der Waals surface area contributed by atoms with E-state index in [-0.39, 0.29) is 5.91 Å². The number of benzene rings is 1. The predicted molar refractivity (Wildman–Crippen MR) is 55.9 cm³/mol. The van der Waals surface area contributed by atoms with E-state index in [1.54, 1.807) is 18.2 Å². The summed E-state index contributed by atoms with van der Waals surface area (Å²) in [5.74, 6) is 0.0184. The summed E-state index contributed by atoms with van der Waals surface area (Å²) in [6, 6.07) is 5.00. The van der Waals surface area contributed by atoms with E-state index < -0.39 is 0 Å². The van der Waals surface area contributed by atoms with Crippen LogP contribution in [-0.4, -0.2) is 18.0 Å². The molecular weight excluding hydrogens is 202 g/mol. The molecule has 1 aromatic rings. The van der Waals surface area contributed by atoms with Crippen molar-refractivity contribution in [3.8, 4) is 0 Å². The first-order chi connectivity index (χ1) is 6.66. The van der Waals surface area contributed by atoms with E-state index in [0.717, 1.165) is 0 Å². The van der Waals surface area contributed by atoms with Crippen molar-refractivity contribution >= 4 is 35.2 Å². The minimum atomic E-state index is -0.354. The van der Waals surface area contributed by atoms with E-state index in [0.29, 0.717) is 22.1 Å². The SMILES string of the molecule is Nc1ccc(C2=NC(=O)C=N2)cc1Cl. The molecule has 0 saturated heterocycles. The number of amides is 1. The third-order valence-corrected chi connectivity index (χ3v) is 2.10. The van der Waals surface area contributed by atoms with Gasteiger partial charge in [0, 0.05) is 5.56 Å². The molecule has 0 aromatic heterocycles. The van der Waals surface area contributed by atoms with E-state index in [1.807, 2.05) is 0 Å². The lowest BCUT2D eigenvalue weighted by Crippen LogP contribution is -1.96. The quantitative estimate of drug-likeness (QED) is 0.705. The zero-order valence-electron chi connectivity index (χ0n) is 7.07. The van der Waals surface area contributed by atoms with Crippen LogP contribution in [0.2, 0.25) is 5.02 Å². The molecule has 0 aliphatic carbocycles. The number of carbonyl (C=O) groups excluding carboxylic acids is 1. The lowest BCUT2D eigenvalue weighted by molar-refractivity contribution is -0.111. The van der Waals surface area contributed by atoms with Gasteiger partial charge in [0.15, 0.2) is 5.84 Å². The Kier molecular flexibility index (Phi) is 2.05. The van der Waals surface area contributed by atoms with Crippen LogP contribution in [0, 0.1) is 0 Å². The minimum Gasteiger partial charge on any atom is -0.398 e. The van der Waals surface area contributed by atoms with Crippen LogP contribution in [0.1, 0.15) is 5.56 Å². The second-order valence-corrected chi connectivity index (χ2v) is 3.18. The Labute approximate surface area is 85.1 Å². The van der Waals surface area contributed by atoms with Crippen molar-refractivity contribution in [3.63, 3.8) is 0 Å². The minimum absolute atomic E-state index is 0.354. The summed E-state index contributed by atoms with van der Waals surface area (Å²) < 4.78 is 0. The zero-order chi connectivity index (χ0) is 10.1. The molecule has 2 N–H and O–H groups in total. The van der Waals surface area contributed by atoms with Crippen LogP contribution >= 0.6 is 11.6 Å². The molecule has 14 heavy (non-hydrogen) atoms.